The zero-order valence-corrected chi connectivity index (χ0v) is 9.32. The first-order chi connectivity index (χ1) is 8.33. The van der Waals surface area contributed by atoms with Crippen molar-refractivity contribution in [3.63, 3.8) is 0 Å². The number of pyridine rings is 1. The van der Waals surface area contributed by atoms with E-state index >= 15 is 0 Å². The topological polar surface area (TPSA) is 44.5 Å². The molecule has 0 saturated carbocycles. The van der Waals surface area contributed by atoms with E-state index in [1.165, 1.54) is 0 Å². The Morgan fingerprint density at radius 3 is 2.82 bits per heavy atom. The van der Waals surface area contributed by atoms with E-state index in [4.69, 9.17) is 25.5 Å². The second-order valence-electron chi connectivity index (χ2n) is 3.79. The van der Waals surface area contributed by atoms with Gasteiger partial charge >= 0.3 is 0 Å². The van der Waals surface area contributed by atoms with Crippen LogP contribution in [-0.2, 0) is 0 Å². The molecule has 3 heterocycles. The first-order valence-corrected chi connectivity index (χ1v) is 5.47. The average molecular weight is 248 g/mol. The van der Waals surface area contributed by atoms with E-state index in [0.717, 1.165) is 16.3 Å². The summed E-state index contributed by atoms with van der Waals surface area (Å²) in [5.41, 5.74) is 1.27. The Kier molecular flexibility index (Phi) is 1.64. The number of halogens is 1. The fraction of sp³-hybridized carbons (Fsp3) is 0.0833. The molecule has 1 aliphatic rings. The van der Waals surface area contributed by atoms with Gasteiger partial charge in [-0.25, -0.2) is 4.98 Å². The molecule has 1 aliphatic heterocycles. The van der Waals surface area contributed by atoms with E-state index < -0.39 is 0 Å². The molecular formula is C12H6ClNO3. The van der Waals surface area contributed by atoms with Gasteiger partial charge in [-0.05, 0) is 12.1 Å². The SMILES string of the molecule is Clc1c2cc3c(cc2nc2occc12)OCO3. The van der Waals surface area contributed by atoms with E-state index in [1.54, 1.807) is 12.3 Å². The van der Waals surface area contributed by atoms with E-state index in [-0.39, 0.29) is 6.79 Å². The summed E-state index contributed by atoms with van der Waals surface area (Å²) in [6.07, 6.45) is 1.57. The minimum absolute atomic E-state index is 0.236. The monoisotopic (exact) mass is 247 g/mol. The average Bonchev–Trinajstić information content (AvgIpc) is 2.94. The highest BCUT2D eigenvalue weighted by Crippen LogP contribution is 2.39. The van der Waals surface area contributed by atoms with Gasteiger partial charge in [0.15, 0.2) is 11.5 Å². The second kappa shape index (κ2) is 3.05. The van der Waals surface area contributed by atoms with Crippen molar-refractivity contribution >= 4 is 33.6 Å². The van der Waals surface area contributed by atoms with Crippen LogP contribution in [0.5, 0.6) is 11.5 Å². The van der Waals surface area contributed by atoms with E-state index in [1.807, 2.05) is 12.1 Å². The number of ether oxygens (including phenoxy) is 2. The van der Waals surface area contributed by atoms with Crippen LogP contribution in [0.15, 0.2) is 28.9 Å². The maximum atomic E-state index is 6.32. The second-order valence-corrected chi connectivity index (χ2v) is 4.17. The molecule has 0 unspecified atom stereocenters. The molecule has 0 bridgehead atoms. The number of fused-ring (bicyclic) bond motifs is 3. The maximum absolute atomic E-state index is 6.32. The van der Waals surface area contributed by atoms with Crippen LogP contribution >= 0.6 is 11.6 Å². The summed E-state index contributed by atoms with van der Waals surface area (Å²) in [4.78, 5) is 4.39. The summed E-state index contributed by atoms with van der Waals surface area (Å²) in [5.74, 6) is 1.39. The van der Waals surface area contributed by atoms with Gasteiger partial charge in [0.1, 0.15) is 0 Å². The van der Waals surface area contributed by atoms with Crippen molar-refractivity contribution in [3.05, 3.63) is 29.5 Å². The van der Waals surface area contributed by atoms with Gasteiger partial charge in [-0.2, -0.15) is 0 Å². The molecule has 5 heteroatoms. The number of hydrogen-bond donors (Lipinski definition) is 0. The molecule has 0 N–H and O–H groups in total. The largest absolute Gasteiger partial charge is 0.454 e. The Morgan fingerprint density at radius 1 is 1.12 bits per heavy atom. The van der Waals surface area contributed by atoms with Crippen LogP contribution in [0.1, 0.15) is 0 Å². The summed E-state index contributed by atoms with van der Waals surface area (Å²) in [7, 11) is 0. The molecule has 0 atom stereocenters. The Labute approximate surface area is 101 Å². The van der Waals surface area contributed by atoms with E-state index in [2.05, 4.69) is 4.98 Å². The molecule has 0 radical (unpaired) electrons. The summed E-state index contributed by atoms with van der Waals surface area (Å²) in [6.45, 7) is 0.236. The lowest BCUT2D eigenvalue weighted by atomic mass is 10.1. The zero-order valence-electron chi connectivity index (χ0n) is 8.57. The summed E-state index contributed by atoms with van der Waals surface area (Å²) in [6, 6.07) is 5.46. The van der Waals surface area contributed by atoms with Gasteiger partial charge in [0.25, 0.3) is 0 Å². The third kappa shape index (κ3) is 1.16. The van der Waals surface area contributed by atoms with Gasteiger partial charge in [0.05, 0.1) is 22.2 Å². The molecule has 84 valence electrons. The van der Waals surface area contributed by atoms with Crippen LogP contribution in [0.25, 0.3) is 22.0 Å². The van der Waals surface area contributed by atoms with Gasteiger partial charge in [0, 0.05) is 11.5 Å². The van der Waals surface area contributed by atoms with E-state index in [9.17, 15) is 0 Å². The Balaban J connectivity index is 2.19. The zero-order chi connectivity index (χ0) is 11.4. The van der Waals surface area contributed by atoms with Gasteiger partial charge in [-0.15, -0.1) is 0 Å². The Hall–Kier alpha value is -1.94. The molecule has 0 spiro atoms. The van der Waals surface area contributed by atoms with Gasteiger partial charge in [-0.3, -0.25) is 0 Å². The number of benzene rings is 1. The van der Waals surface area contributed by atoms with Crippen LogP contribution in [0.2, 0.25) is 5.02 Å². The third-order valence-corrected chi connectivity index (χ3v) is 3.24. The van der Waals surface area contributed by atoms with Crippen LogP contribution < -0.4 is 9.47 Å². The fourth-order valence-corrected chi connectivity index (χ4v) is 2.30. The normalized spacial score (nSPS) is 13.7. The van der Waals surface area contributed by atoms with Crippen molar-refractivity contribution in [2.24, 2.45) is 0 Å². The predicted molar refractivity (Wildman–Crippen MR) is 62.6 cm³/mol. The molecule has 1 aromatic carbocycles. The molecule has 0 fully saturated rings. The predicted octanol–water partition coefficient (Wildman–Crippen LogP) is 3.36. The van der Waals surface area contributed by atoms with Gasteiger partial charge in [0.2, 0.25) is 12.5 Å². The Bertz CT molecular complexity index is 750. The number of nitrogens with zero attached hydrogens (tertiary/aromatic N) is 1. The van der Waals surface area contributed by atoms with Crippen molar-refractivity contribution in [1.82, 2.24) is 4.98 Å². The molecule has 0 saturated heterocycles. The van der Waals surface area contributed by atoms with Crippen molar-refractivity contribution in [3.8, 4) is 11.5 Å². The van der Waals surface area contributed by atoms with Gasteiger partial charge in [-0.1, -0.05) is 11.6 Å². The Morgan fingerprint density at radius 2 is 1.94 bits per heavy atom. The summed E-state index contributed by atoms with van der Waals surface area (Å²) < 4.78 is 15.9. The lowest BCUT2D eigenvalue weighted by Crippen LogP contribution is -1.92. The fourth-order valence-electron chi connectivity index (χ4n) is 2.01. The minimum Gasteiger partial charge on any atom is -0.454 e. The maximum Gasteiger partial charge on any atom is 0.231 e. The highest BCUT2D eigenvalue weighted by Gasteiger charge is 2.18. The number of rotatable bonds is 0. The molecule has 3 aromatic rings. The molecule has 0 amide bonds. The highest BCUT2D eigenvalue weighted by atomic mass is 35.5. The standard InChI is InChI=1S/C12H6ClNO3/c13-11-6-1-2-15-12(6)14-8-4-10-9(3-7(8)11)16-5-17-10/h1-4H,5H2. The summed E-state index contributed by atoms with van der Waals surface area (Å²) in [5, 5.41) is 2.26. The van der Waals surface area contributed by atoms with Crippen molar-refractivity contribution in [2.45, 2.75) is 0 Å². The lowest BCUT2D eigenvalue weighted by Gasteiger charge is -2.02. The molecule has 4 rings (SSSR count). The van der Waals surface area contributed by atoms with Crippen LogP contribution in [0.4, 0.5) is 0 Å². The molecule has 4 nitrogen and oxygen atoms in total. The van der Waals surface area contributed by atoms with Crippen molar-refractivity contribution in [1.29, 1.82) is 0 Å². The summed E-state index contributed by atoms with van der Waals surface area (Å²) >= 11 is 6.32. The van der Waals surface area contributed by atoms with Crippen LogP contribution in [0.3, 0.4) is 0 Å². The van der Waals surface area contributed by atoms with Crippen molar-refractivity contribution < 1.29 is 13.9 Å². The lowest BCUT2D eigenvalue weighted by molar-refractivity contribution is 0.174. The smallest absolute Gasteiger partial charge is 0.231 e. The van der Waals surface area contributed by atoms with E-state index in [0.29, 0.717) is 22.2 Å². The van der Waals surface area contributed by atoms with Crippen LogP contribution in [0, 0.1) is 0 Å². The number of aromatic nitrogens is 1. The molecule has 2 aromatic heterocycles. The van der Waals surface area contributed by atoms with Crippen molar-refractivity contribution in [2.75, 3.05) is 6.79 Å². The highest BCUT2D eigenvalue weighted by molar-refractivity contribution is 6.40. The number of furan rings is 1. The molecular weight excluding hydrogens is 242 g/mol. The first kappa shape index (κ1) is 9.13. The van der Waals surface area contributed by atoms with Gasteiger partial charge < -0.3 is 13.9 Å². The first-order valence-electron chi connectivity index (χ1n) is 5.09. The quantitative estimate of drug-likeness (QED) is 0.611. The third-order valence-electron chi connectivity index (χ3n) is 2.83. The molecule has 0 aliphatic carbocycles. The number of hydrogen-bond acceptors (Lipinski definition) is 4. The molecule has 17 heavy (non-hydrogen) atoms. The van der Waals surface area contributed by atoms with Crippen LogP contribution in [-0.4, -0.2) is 11.8 Å². The minimum atomic E-state index is 0.236.